The summed E-state index contributed by atoms with van der Waals surface area (Å²) < 4.78 is 0. The number of rotatable bonds is 4. The Morgan fingerprint density at radius 2 is 1.03 bits per heavy atom. The molecule has 0 aliphatic heterocycles. The zero-order valence-corrected chi connectivity index (χ0v) is 16.0. The first-order valence-electron chi connectivity index (χ1n) is 9.88. The van der Waals surface area contributed by atoms with Crippen molar-refractivity contribution in [3.63, 3.8) is 0 Å². The van der Waals surface area contributed by atoms with Gasteiger partial charge in [0.25, 0.3) is 0 Å². The highest BCUT2D eigenvalue weighted by Crippen LogP contribution is 2.38. The monoisotopic (exact) mass is 371 g/mol. The summed E-state index contributed by atoms with van der Waals surface area (Å²) in [5.74, 6) is 0. The van der Waals surface area contributed by atoms with E-state index in [1.54, 1.807) is 0 Å². The van der Waals surface area contributed by atoms with Crippen LogP contribution in [-0.4, -0.2) is 0 Å². The van der Waals surface area contributed by atoms with E-state index in [1.807, 2.05) is 18.2 Å². The number of hydrogen-bond donors (Lipinski definition) is 1. The minimum Gasteiger partial charge on any atom is -0.356 e. The molecule has 0 saturated heterocycles. The molecule has 0 heterocycles. The summed E-state index contributed by atoms with van der Waals surface area (Å²) in [7, 11) is 0. The molecule has 0 saturated carbocycles. The highest BCUT2D eigenvalue weighted by atomic mass is 14.9. The van der Waals surface area contributed by atoms with E-state index in [4.69, 9.17) is 0 Å². The lowest BCUT2D eigenvalue weighted by molar-refractivity contribution is 1.54. The molecular formula is C28H21N. The van der Waals surface area contributed by atoms with E-state index in [2.05, 4.69) is 108 Å². The molecule has 0 spiro atoms. The van der Waals surface area contributed by atoms with Crippen LogP contribution >= 0.6 is 0 Å². The maximum atomic E-state index is 3.46. The summed E-state index contributed by atoms with van der Waals surface area (Å²) in [6.45, 7) is 0. The van der Waals surface area contributed by atoms with Crippen molar-refractivity contribution in [2.75, 3.05) is 5.32 Å². The van der Waals surface area contributed by atoms with E-state index >= 15 is 0 Å². The summed E-state index contributed by atoms with van der Waals surface area (Å²) in [6, 6.07) is 42.7. The van der Waals surface area contributed by atoms with Crippen LogP contribution in [0.15, 0.2) is 121 Å². The third-order valence-corrected chi connectivity index (χ3v) is 5.25. The SMILES string of the molecule is c1ccc(Nc2ccc(-c3ccc4ccccc4c3-c3ccccc3)cc2)cc1. The molecule has 5 aromatic rings. The Bertz CT molecular complexity index is 1240. The van der Waals surface area contributed by atoms with Gasteiger partial charge in [0.05, 0.1) is 0 Å². The van der Waals surface area contributed by atoms with Crippen molar-refractivity contribution >= 4 is 22.1 Å². The average Bonchev–Trinajstić information content (AvgIpc) is 2.80. The summed E-state index contributed by atoms with van der Waals surface area (Å²) >= 11 is 0. The number of hydrogen-bond acceptors (Lipinski definition) is 1. The second-order valence-corrected chi connectivity index (χ2v) is 7.14. The maximum absolute atomic E-state index is 3.46. The van der Waals surface area contributed by atoms with E-state index in [1.165, 1.54) is 33.0 Å². The zero-order chi connectivity index (χ0) is 19.5. The normalized spacial score (nSPS) is 10.8. The molecule has 1 heteroatoms. The van der Waals surface area contributed by atoms with Gasteiger partial charge >= 0.3 is 0 Å². The van der Waals surface area contributed by atoms with Crippen LogP contribution in [0.3, 0.4) is 0 Å². The van der Waals surface area contributed by atoms with Gasteiger partial charge < -0.3 is 5.32 Å². The topological polar surface area (TPSA) is 12.0 Å². The molecule has 5 aromatic carbocycles. The van der Waals surface area contributed by atoms with Crippen LogP contribution in [0.25, 0.3) is 33.0 Å². The molecule has 1 N–H and O–H groups in total. The van der Waals surface area contributed by atoms with Gasteiger partial charge in [-0.1, -0.05) is 97.1 Å². The lowest BCUT2D eigenvalue weighted by atomic mass is 9.90. The quantitative estimate of drug-likeness (QED) is 0.338. The smallest absolute Gasteiger partial charge is 0.0384 e. The van der Waals surface area contributed by atoms with Crippen LogP contribution in [0.2, 0.25) is 0 Å². The molecule has 0 amide bonds. The van der Waals surface area contributed by atoms with Gasteiger partial charge in [0.1, 0.15) is 0 Å². The van der Waals surface area contributed by atoms with Crippen LogP contribution < -0.4 is 5.32 Å². The van der Waals surface area contributed by atoms with Crippen molar-refractivity contribution in [1.29, 1.82) is 0 Å². The van der Waals surface area contributed by atoms with Gasteiger partial charge in [0.15, 0.2) is 0 Å². The van der Waals surface area contributed by atoms with Crippen molar-refractivity contribution < 1.29 is 0 Å². The summed E-state index contributed by atoms with van der Waals surface area (Å²) in [5.41, 5.74) is 7.17. The molecule has 138 valence electrons. The Labute approximate surface area is 171 Å². The largest absolute Gasteiger partial charge is 0.356 e. The minimum absolute atomic E-state index is 1.09. The third-order valence-electron chi connectivity index (χ3n) is 5.25. The van der Waals surface area contributed by atoms with Crippen LogP contribution in [-0.2, 0) is 0 Å². The average molecular weight is 371 g/mol. The predicted molar refractivity (Wildman–Crippen MR) is 125 cm³/mol. The second kappa shape index (κ2) is 7.65. The number of fused-ring (bicyclic) bond motifs is 1. The molecular weight excluding hydrogens is 350 g/mol. The first-order valence-corrected chi connectivity index (χ1v) is 9.88. The number of anilines is 2. The highest BCUT2D eigenvalue weighted by molar-refractivity contribution is 6.04. The molecule has 5 rings (SSSR count). The molecule has 0 aliphatic carbocycles. The maximum Gasteiger partial charge on any atom is 0.0384 e. The Morgan fingerprint density at radius 3 is 1.79 bits per heavy atom. The molecule has 0 unspecified atom stereocenters. The number of nitrogens with one attached hydrogen (secondary N) is 1. The first-order chi connectivity index (χ1) is 14.4. The summed E-state index contributed by atoms with van der Waals surface area (Å²) in [4.78, 5) is 0. The third kappa shape index (κ3) is 3.51. The van der Waals surface area contributed by atoms with Crippen molar-refractivity contribution in [1.82, 2.24) is 0 Å². The summed E-state index contributed by atoms with van der Waals surface area (Å²) in [6.07, 6.45) is 0. The molecule has 0 fully saturated rings. The lowest BCUT2D eigenvalue weighted by Gasteiger charge is -2.15. The molecule has 1 nitrogen and oxygen atoms in total. The number of benzene rings is 5. The van der Waals surface area contributed by atoms with Gasteiger partial charge in [-0.2, -0.15) is 0 Å². The molecule has 0 bridgehead atoms. The molecule has 29 heavy (non-hydrogen) atoms. The predicted octanol–water partition coefficient (Wildman–Crippen LogP) is 7.92. The van der Waals surface area contributed by atoms with Crippen LogP contribution in [0.4, 0.5) is 11.4 Å². The highest BCUT2D eigenvalue weighted by Gasteiger charge is 2.11. The fraction of sp³-hybridized carbons (Fsp3) is 0. The Hall–Kier alpha value is -3.84. The van der Waals surface area contributed by atoms with E-state index in [-0.39, 0.29) is 0 Å². The molecule has 0 aromatic heterocycles. The Kier molecular flexibility index (Phi) is 4.56. The Balaban J connectivity index is 1.60. The fourth-order valence-electron chi connectivity index (χ4n) is 3.85. The summed E-state index contributed by atoms with van der Waals surface area (Å²) in [5, 5.41) is 6.00. The van der Waals surface area contributed by atoms with E-state index in [9.17, 15) is 0 Å². The Morgan fingerprint density at radius 1 is 0.414 bits per heavy atom. The van der Waals surface area contributed by atoms with Gasteiger partial charge in [-0.15, -0.1) is 0 Å². The fourth-order valence-corrected chi connectivity index (χ4v) is 3.85. The van der Waals surface area contributed by atoms with Crippen molar-refractivity contribution in [2.45, 2.75) is 0 Å². The van der Waals surface area contributed by atoms with Gasteiger partial charge in [-0.25, -0.2) is 0 Å². The van der Waals surface area contributed by atoms with Crippen LogP contribution in [0, 0.1) is 0 Å². The molecule has 0 atom stereocenters. The standard InChI is InChI=1S/C28H21N/c1-3-10-23(11-4-1)28-26-14-8-7-9-21(26)17-20-27(28)22-15-18-25(19-16-22)29-24-12-5-2-6-13-24/h1-20,29H. The number of para-hydroxylation sites is 1. The van der Waals surface area contributed by atoms with Crippen molar-refractivity contribution in [2.24, 2.45) is 0 Å². The van der Waals surface area contributed by atoms with E-state index < -0.39 is 0 Å². The lowest BCUT2D eigenvalue weighted by Crippen LogP contribution is -1.91. The minimum atomic E-state index is 1.09. The van der Waals surface area contributed by atoms with Gasteiger partial charge in [0, 0.05) is 11.4 Å². The molecule has 0 aliphatic rings. The second-order valence-electron chi connectivity index (χ2n) is 7.14. The van der Waals surface area contributed by atoms with E-state index in [0.29, 0.717) is 0 Å². The van der Waals surface area contributed by atoms with Gasteiger partial charge in [-0.3, -0.25) is 0 Å². The molecule has 0 radical (unpaired) electrons. The van der Waals surface area contributed by atoms with Crippen LogP contribution in [0.1, 0.15) is 0 Å². The van der Waals surface area contributed by atoms with Crippen molar-refractivity contribution in [3.05, 3.63) is 121 Å². The van der Waals surface area contributed by atoms with Gasteiger partial charge in [-0.05, 0) is 57.3 Å². The first kappa shape index (κ1) is 17.3. The van der Waals surface area contributed by atoms with Crippen LogP contribution in [0.5, 0.6) is 0 Å². The van der Waals surface area contributed by atoms with Gasteiger partial charge in [0.2, 0.25) is 0 Å². The van der Waals surface area contributed by atoms with Crippen molar-refractivity contribution in [3.8, 4) is 22.3 Å². The van der Waals surface area contributed by atoms with E-state index in [0.717, 1.165) is 11.4 Å². The zero-order valence-electron chi connectivity index (χ0n) is 16.0.